The highest BCUT2D eigenvalue weighted by molar-refractivity contribution is 5.95. The lowest BCUT2D eigenvalue weighted by Gasteiger charge is -2.48. The molecule has 0 aliphatic heterocycles. The Morgan fingerprint density at radius 1 is 0.440 bits per heavy atom. The Balaban J connectivity index is 1.34. The van der Waals surface area contributed by atoms with Crippen molar-refractivity contribution in [3.8, 4) is 33.4 Å². The molecule has 1 heteroatoms. The third kappa shape index (κ3) is 4.39. The van der Waals surface area contributed by atoms with Crippen molar-refractivity contribution in [1.29, 1.82) is 0 Å². The van der Waals surface area contributed by atoms with Gasteiger partial charge in [0.2, 0.25) is 0 Å². The quantitative estimate of drug-likeness (QED) is 0.183. The molecule has 0 atom stereocenters. The molecule has 0 heterocycles. The second-order valence-electron chi connectivity index (χ2n) is 15.1. The molecular weight excluding hydrogens is 603 g/mol. The van der Waals surface area contributed by atoms with Crippen LogP contribution in [0.25, 0.3) is 44.2 Å². The van der Waals surface area contributed by atoms with Crippen molar-refractivity contribution in [2.24, 2.45) is 0 Å². The fraction of sp³-hybridized carbons (Fsp3) is 0.184. The highest BCUT2D eigenvalue weighted by Crippen LogP contribution is 2.56. The maximum Gasteiger partial charge on any atom is 0.0648 e. The summed E-state index contributed by atoms with van der Waals surface area (Å²) in [5.74, 6) is 0. The molecule has 7 aromatic carbocycles. The van der Waals surface area contributed by atoms with Gasteiger partial charge in [0.05, 0.1) is 12.3 Å². The molecule has 0 saturated carbocycles. The first-order chi connectivity index (χ1) is 27.8. The Labute approximate surface area is 309 Å². The third-order valence-electron chi connectivity index (χ3n) is 11.6. The summed E-state index contributed by atoms with van der Waals surface area (Å²) < 4.78 is 82.6. The number of hydrogen-bond donors (Lipinski definition) is 0. The Kier molecular flexibility index (Phi) is 4.83. The van der Waals surface area contributed by atoms with Crippen LogP contribution in [0.2, 0.25) is 0 Å². The van der Waals surface area contributed by atoms with Crippen molar-refractivity contribution >= 4 is 27.8 Å². The summed E-state index contributed by atoms with van der Waals surface area (Å²) in [6, 6.07) is 30.1. The fourth-order valence-electron chi connectivity index (χ4n) is 8.02. The van der Waals surface area contributed by atoms with Gasteiger partial charge < -0.3 is 4.90 Å². The van der Waals surface area contributed by atoms with Gasteiger partial charge in [-0.3, -0.25) is 0 Å². The van der Waals surface area contributed by atoms with E-state index in [2.05, 4.69) is 64.1 Å². The predicted molar refractivity (Wildman–Crippen MR) is 213 cm³/mol. The third-order valence-corrected chi connectivity index (χ3v) is 11.6. The van der Waals surface area contributed by atoms with Crippen LogP contribution in [0.15, 0.2) is 151 Å². The van der Waals surface area contributed by atoms with E-state index in [1.54, 1.807) is 0 Å². The molecule has 0 bridgehead atoms. The van der Waals surface area contributed by atoms with Gasteiger partial charge in [0, 0.05) is 22.5 Å². The molecule has 2 aliphatic carbocycles. The molecule has 9 rings (SSSR count). The van der Waals surface area contributed by atoms with Crippen LogP contribution in [0.1, 0.15) is 76.1 Å². The van der Waals surface area contributed by atoms with Crippen molar-refractivity contribution < 1.29 is 12.3 Å². The lowest BCUT2D eigenvalue weighted by molar-refractivity contribution is 0.299. The van der Waals surface area contributed by atoms with E-state index in [4.69, 9.17) is 5.48 Å². The SMILES string of the molecule is [2H]c1c([2H])c(N(c2ccc(-c3ccccc3)cc2)c2ccc3c(c2)C(C)(C)C(C)(C)c2ccccc2-3)c([2H])c2c1-c1c(c([2H])c3c([2H])c([2H])c([2H])c([2H])c3c1[2H])C2(C)C. The van der Waals surface area contributed by atoms with Gasteiger partial charge in [-0.25, -0.2) is 0 Å². The van der Waals surface area contributed by atoms with Crippen molar-refractivity contribution in [2.45, 2.75) is 57.8 Å². The maximum atomic E-state index is 10.1. The summed E-state index contributed by atoms with van der Waals surface area (Å²) in [5, 5.41) is -0.169. The van der Waals surface area contributed by atoms with E-state index in [1.165, 1.54) is 5.56 Å². The normalized spacial score (nSPS) is 18.4. The van der Waals surface area contributed by atoms with Gasteiger partial charge in [0.25, 0.3) is 0 Å². The van der Waals surface area contributed by atoms with Gasteiger partial charge in [0.1, 0.15) is 0 Å². The van der Waals surface area contributed by atoms with Crippen LogP contribution in [0.5, 0.6) is 0 Å². The van der Waals surface area contributed by atoms with E-state index in [0.29, 0.717) is 22.5 Å². The average Bonchev–Trinajstić information content (AvgIpc) is 3.48. The van der Waals surface area contributed by atoms with Gasteiger partial charge in [-0.2, -0.15) is 0 Å². The van der Waals surface area contributed by atoms with E-state index in [1.807, 2.05) is 79.4 Å². The molecule has 0 amide bonds. The molecule has 7 aromatic rings. The van der Waals surface area contributed by atoms with Crippen LogP contribution in [-0.2, 0) is 16.2 Å². The molecule has 50 heavy (non-hydrogen) atoms. The van der Waals surface area contributed by atoms with Gasteiger partial charge in [-0.1, -0.05) is 145 Å². The van der Waals surface area contributed by atoms with Crippen LogP contribution in [0.4, 0.5) is 17.1 Å². The fourth-order valence-corrected chi connectivity index (χ4v) is 8.02. The van der Waals surface area contributed by atoms with Gasteiger partial charge >= 0.3 is 0 Å². The molecule has 244 valence electrons. The molecule has 0 unspecified atom stereocenters. The zero-order valence-electron chi connectivity index (χ0n) is 38.2. The number of anilines is 3. The second-order valence-corrected chi connectivity index (χ2v) is 15.1. The number of rotatable bonds is 4. The van der Waals surface area contributed by atoms with E-state index >= 15 is 0 Å². The first-order valence-corrected chi connectivity index (χ1v) is 17.2. The molecule has 0 saturated heterocycles. The smallest absolute Gasteiger partial charge is 0.0648 e. The van der Waals surface area contributed by atoms with Crippen LogP contribution >= 0.6 is 0 Å². The number of hydrogen-bond acceptors (Lipinski definition) is 1. The van der Waals surface area contributed by atoms with Gasteiger partial charge in [0.15, 0.2) is 0 Å². The Morgan fingerprint density at radius 3 is 1.80 bits per heavy atom. The zero-order valence-corrected chi connectivity index (χ0v) is 29.2. The first kappa shape index (κ1) is 22.3. The summed E-state index contributed by atoms with van der Waals surface area (Å²) in [4.78, 5) is 1.89. The van der Waals surface area contributed by atoms with E-state index in [9.17, 15) is 6.85 Å². The van der Waals surface area contributed by atoms with E-state index in [-0.39, 0.29) is 68.6 Å². The first-order valence-electron chi connectivity index (χ1n) is 21.7. The van der Waals surface area contributed by atoms with Crippen molar-refractivity contribution in [2.75, 3.05) is 4.90 Å². The van der Waals surface area contributed by atoms with Crippen LogP contribution in [0.3, 0.4) is 0 Å². The molecule has 0 spiro atoms. The van der Waals surface area contributed by atoms with E-state index in [0.717, 1.165) is 27.8 Å². The minimum Gasteiger partial charge on any atom is -0.310 e. The second kappa shape index (κ2) is 10.8. The minimum absolute atomic E-state index is 0.0283. The standard InChI is InChI=1S/C49H43N/c1-47(2)44-29-35-17-11-10-16-34(35)28-42(44)41-27-25-37(30-45(41)47)50(36-22-20-33(21-23-36)32-14-8-7-9-15-32)38-24-26-40-39-18-12-13-19-43(39)48(3,4)49(5,6)46(40)31-38/h7-31H,1-6H3/i10D,11D,16D,17D,25D,27D,28D,29D,30D. The number of nitrogens with zero attached hydrogens (tertiary/aromatic N) is 1. The number of fused-ring (bicyclic) bond motifs is 7. The Bertz CT molecular complexity index is 2950. The zero-order chi connectivity index (χ0) is 42.2. The maximum absolute atomic E-state index is 10.1. The average molecular weight is 655 g/mol. The molecule has 0 fully saturated rings. The predicted octanol–water partition coefficient (Wildman–Crippen LogP) is 13.5. The van der Waals surface area contributed by atoms with Gasteiger partial charge in [-0.05, 0) is 126 Å². The Morgan fingerprint density at radius 2 is 1.04 bits per heavy atom. The molecule has 2 aliphatic rings. The van der Waals surface area contributed by atoms with E-state index < -0.39 is 29.6 Å². The highest BCUT2D eigenvalue weighted by Gasteiger charge is 2.46. The van der Waals surface area contributed by atoms with Crippen LogP contribution in [-0.4, -0.2) is 0 Å². The molecule has 0 aromatic heterocycles. The molecule has 0 radical (unpaired) electrons. The van der Waals surface area contributed by atoms with Crippen LogP contribution in [0, 0.1) is 0 Å². The molecule has 0 N–H and O–H groups in total. The summed E-state index contributed by atoms with van der Waals surface area (Å²) in [7, 11) is 0. The highest BCUT2D eigenvalue weighted by atomic mass is 15.1. The lowest BCUT2D eigenvalue weighted by atomic mass is 9.55. The topological polar surface area (TPSA) is 3.24 Å². The summed E-state index contributed by atoms with van der Waals surface area (Å²) >= 11 is 0. The Hall–Kier alpha value is -5.40. The van der Waals surface area contributed by atoms with Crippen molar-refractivity contribution in [3.05, 3.63) is 174 Å². The van der Waals surface area contributed by atoms with Crippen LogP contribution < -0.4 is 4.90 Å². The number of benzene rings is 7. The van der Waals surface area contributed by atoms with Gasteiger partial charge in [-0.15, -0.1) is 0 Å². The largest absolute Gasteiger partial charge is 0.310 e. The summed E-state index contributed by atoms with van der Waals surface area (Å²) in [6.07, 6.45) is 0. The minimum atomic E-state index is -1.15. The monoisotopic (exact) mass is 654 g/mol. The van der Waals surface area contributed by atoms with Crippen molar-refractivity contribution in [1.82, 2.24) is 0 Å². The van der Waals surface area contributed by atoms with Crippen molar-refractivity contribution in [3.63, 3.8) is 0 Å². The summed E-state index contributed by atoms with van der Waals surface area (Å²) in [6.45, 7) is 12.7. The summed E-state index contributed by atoms with van der Waals surface area (Å²) in [5.41, 5.74) is 7.58. The molecular formula is C49H43N. The molecule has 1 nitrogen and oxygen atoms in total. The lowest BCUT2D eigenvalue weighted by Crippen LogP contribution is -2.43.